The molecule has 0 amide bonds. The number of esters is 1. The van der Waals surface area contributed by atoms with Crippen LogP contribution in [0.25, 0.3) is 10.1 Å². The van der Waals surface area contributed by atoms with Gasteiger partial charge in [-0.1, -0.05) is 12.1 Å². The fourth-order valence-corrected chi connectivity index (χ4v) is 4.30. The number of ether oxygens (including phenoxy) is 4. The number of nitrogens with zero attached hydrogens (tertiary/aromatic N) is 1. The summed E-state index contributed by atoms with van der Waals surface area (Å²) in [6, 6.07) is 7.93. The molecule has 7 heteroatoms. The topological polar surface area (TPSA) is 66.9 Å². The van der Waals surface area contributed by atoms with E-state index < -0.39 is 5.79 Å². The van der Waals surface area contributed by atoms with Gasteiger partial charge in [0.05, 0.1) is 29.2 Å². The minimum Gasteiger partial charge on any atom is -0.473 e. The molecule has 0 radical (unpaired) electrons. The summed E-state index contributed by atoms with van der Waals surface area (Å²) in [6.07, 6.45) is 2.66. The molecule has 6 nitrogen and oxygen atoms in total. The zero-order valence-electron chi connectivity index (χ0n) is 14.8. The first-order chi connectivity index (χ1) is 12.7. The monoisotopic (exact) mass is 377 g/mol. The molecule has 1 saturated heterocycles. The number of aromatic nitrogens is 1. The average molecular weight is 377 g/mol. The largest absolute Gasteiger partial charge is 0.473 e. The van der Waals surface area contributed by atoms with E-state index in [0.717, 1.165) is 35.8 Å². The fourth-order valence-electron chi connectivity index (χ4n) is 3.57. The summed E-state index contributed by atoms with van der Waals surface area (Å²) in [5.41, 5.74) is 0. The van der Waals surface area contributed by atoms with Crippen LogP contribution in [0, 0.1) is 5.92 Å². The number of hydrogen-bond donors (Lipinski definition) is 0. The van der Waals surface area contributed by atoms with Crippen LogP contribution >= 0.6 is 11.5 Å². The molecule has 2 aliphatic rings. The Labute approximate surface area is 156 Å². The Morgan fingerprint density at radius 2 is 2.04 bits per heavy atom. The Balaban J connectivity index is 1.25. The SMILES string of the molecule is CC(COc1nsc2ccccc12)OC(=O)C1CCC2(CC1)OCCO2. The number of carbonyl (C=O) groups is 1. The third-order valence-electron chi connectivity index (χ3n) is 5.01. The zero-order valence-corrected chi connectivity index (χ0v) is 15.6. The average Bonchev–Trinajstić information content (AvgIpc) is 3.28. The van der Waals surface area contributed by atoms with Crippen molar-refractivity contribution in [1.29, 1.82) is 0 Å². The van der Waals surface area contributed by atoms with E-state index in [0.29, 0.717) is 25.7 Å². The first-order valence-electron chi connectivity index (χ1n) is 9.11. The predicted octanol–water partition coefficient (Wildman–Crippen LogP) is 3.54. The van der Waals surface area contributed by atoms with Crippen molar-refractivity contribution in [2.45, 2.75) is 44.5 Å². The van der Waals surface area contributed by atoms with Crippen molar-refractivity contribution in [2.75, 3.05) is 19.8 Å². The molecule has 0 N–H and O–H groups in total. The van der Waals surface area contributed by atoms with Crippen LogP contribution in [0.4, 0.5) is 0 Å². The van der Waals surface area contributed by atoms with E-state index in [1.807, 2.05) is 31.2 Å². The number of hydrogen-bond acceptors (Lipinski definition) is 7. The van der Waals surface area contributed by atoms with Gasteiger partial charge in [0.2, 0.25) is 5.88 Å². The molecule has 2 heterocycles. The molecule has 1 aliphatic heterocycles. The second-order valence-corrected chi connectivity index (χ2v) is 7.73. The van der Waals surface area contributed by atoms with Crippen molar-refractivity contribution in [2.24, 2.45) is 5.92 Å². The van der Waals surface area contributed by atoms with Crippen LogP contribution in [-0.2, 0) is 19.0 Å². The minimum absolute atomic E-state index is 0.0871. The van der Waals surface area contributed by atoms with Gasteiger partial charge < -0.3 is 18.9 Å². The molecular weight excluding hydrogens is 354 g/mol. The summed E-state index contributed by atoms with van der Waals surface area (Å²) in [5.74, 6) is -0.0892. The van der Waals surface area contributed by atoms with E-state index in [-0.39, 0.29) is 18.0 Å². The highest BCUT2D eigenvalue weighted by molar-refractivity contribution is 7.13. The lowest BCUT2D eigenvalue weighted by Gasteiger charge is -2.34. The highest BCUT2D eigenvalue weighted by Crippen LogP contribution is 2.38. The molecule has 0 bridgehead atoms. The standard InChI is InChI=1S/C19H23NO5S/c1-13(12-22-17-15-4-2-3-5-16(15)26-20-17)25-18(21)14-6-8-19(9-7-14)23-10-11-24-19/h2-5,13-14H,6-12H2,1H3. The molecule has 26 heavy (non-hydrogen) atoms. The summed E-state index contributed by atoms with van der Waals surface area (Å²) >= 11 is 1.40. The third-order valence-corrected chi connectivity index (χ3v) is 5.82. The van der Waals surface area contributed by atoms with Gasteiger partial charge in [0.15, 0.2) is 5.79 Å². The smallest absolute Gasteiger partial charge is 0.309 e. The Hall–Kier alpha value is -1.70. The second-order valence-electron chi connectivity index (χ2n) is 6.92. The fraction of sp³-hybridized carbons (Fsp3) is 0.579. The molecule has 1 aliphatic carbocycles. The van der Waals surface area contributed by atoms with E-state index in [1.54, 1.807) is 0 Å². The predicted molar refractivity (Wildman–Crippen MR) is 97.3 cm³/mol. The summed E-state index contributed by atoms with van der Waals surface area (Å²) in [6.45, 7) is 3.44. The van der Waals surface area contributed by atoms with Gasteiger partial charge >= 0.3 is 5.97 Å². The summed E-state index contributed by atoms with van der Waals surface area (Å²) in [5, 5.41) is 0.991. The Morgan fingerprint density at radius 3 is 2.81 bits per heavy atom. The maximum Gasteiger partial charge on any atom is 0.309 e. The van der Waals surface area contributed by atoms with Gasteiger partial charge in [0.25, 0.3) is 0 Å². The van der Waals surface area contributed by atoms with E-state index >= 15 is 0 Å². The lowest BCUT2D eigenvalue weighted by molar-refractivity contribution is -0.189. The van der Waals surface area contributed by atoms with Gasteiger partial charge in [-0.15, -0.1) is 0 Å². The summed E-state index contributed by atoms with van der Waals surface area (Å²) < 4.78 is 28.2. The molecular formula is C19H23NO5S. The van der Waals surface area contributed by atoms with Crippen LogP contribution in [0.2, 0.25) is 0 Å². The highest BCUT2D eigenvalue weighted by Gasteiger charge is 2.42. The Bertz CT molecular complexity index is 760. The van der Waals surface area contributed by atoms with Crippen LogP contribution in [-0.4, -0.2) is 42.1 Å². The summed E-state index contributed by atoms with van der Waals surface area (Å²) in [7, 11) is 0. The lowest BCUT2D eigenvalue weighted by atomic mass is 9.85. The van der Waals surface area contributed by atoms with Crippen molar-refractivity contribution < 1.29 is 23.7 Å². The van der Waals surface area contributed by atoms with E-state index in [9.17, 15) is 4.79 Å². The number of benzene rings is 1. The van der Waals surface area contributed by atoms with E-state index in [2.05, 4.69) is 4.37 Å². The maximum absolute atomic E-state index is 12.4. The van der Waals surface area contributed by atoms with Crippen LogP contribution in [0.3, 0.4) is 0 Å². The molecule has 1 unspecified atom stereocenters. The number of fused-ring (bicyclic) bond motifs is 1. The van der Waals surface area contributed by atoms with Gasteiger partial charge in [-0.25, -0.2) is 0 Å². The molecule has 1 aromatic heterocycles. The van der Waals surface area contributed by atoms with Crippen molar-refractivity contribution >= 4 is 27.6 Å². The van der Waals surface area contributed by atoms with Gasteiger partial charge in [-0.3, -0.25) is 4.79 Å². The third kappa shape index (κ3) is 3.70. The minimum atomic E-state index is -0.447. The lowest BCUT2D eigenvalue weighted by Crippen LogP contribution is -2.38. The van der Waals surface area contributed by atoms with Crippen molar-refractivity contribution in [3.63, 3.8) is 0 Å². The van der Waals surface area contributed by atoms with Crippen LogP contribution in [0.15, 0.2) is 24.3 Å². The van der Waals surface area contributed by atoms with Gasteiger partial charge in [0, 0.05) is 12.8 Å². The van der Waals surface area contributed by atoms with Gasteiger partial charge in [0.1, 0.15) is 12.7 Å². The Kier molecular flexibility index (Phi) is 5.11. The van der Waals surface area contributed by atoms with Crippen molar-refractivity contribution in [3.05, 3.63) is 24.3 Å². The first-order valence-corrected chi connectivity index (χ1v) is 9.88. The van der Waals surface area contributed by atoms with Crippen molar-refractivity contribution in [3.8, 4) is 5.88 Å². The zero-order chi connectivity index (χ0) is 18.0. The molecule has 2 aromatic rings. The molecule has 1 aromatic carbocycles. The molecule has 1 spiro atoms. The number of rotatable bonds is 5. The van der Waals surface area contributed by atoms with E-state index in [1.165, 1.54) is 11.5 Å². The van der Waals surface area contributed by atoms with Crippen molar-refractivity contribution in [1.82, 2.24) is 4.37 Å². The molecule has 4 rings (SSSR count). The molecule has 140 valence electrons. The van der Waals surface area contributed by atoms with Crippen LogP contribution in [0.5, 0.6) is 5.88 Å². The molecule has 2 fully saturated rings. The normalized spacial score (nSPS) is 21.1. The number of carbonyl (C=O) groups excluding carboxylic acids is 1. The second kappa shape index (κ2) is 7.50. The summed E-state index contributed by atoms with van der Waals surface area (Å²) in [4.78, 5) is 12.4. The van der Waals surface area contributed by atoms with Gasteiger partial charge in [-0.2, -0.15) is 4.37 Å². The Morgan fingerprint density at radius 1 is 1.31 bits per heavy atom. The maximum atomic E-state index is 12.4. The molecule has 1 atom stereocenters. The highest BCUT2D eigenvalue weighted by atomic mass is 32.1. The van der Waals surface area contributed by atoms with Gasteiger partial charge in [-0.05, 0) is 43.4 Å². The van der Waals surface area contributed by atoms with Crippen LogP contribution in [0.1, 0.15) is 32.6 Å². The van der Waals surface area contributed by atoms with E-state index in [4.69, 9.17) is 18.9 Å². The first kappa shape index (κ1) is 17.7. The van der Waals surface area contributed by atoms with Crippen LogP contribution < -0.4 is 4.74 Å². The quantitative estimate of drug-likeness (QED) is 0.743. The molecule has 1 saturated carbocycles.